The maximum atomic E-state index is 12.6. The summed E-state index contributed by atoms with van der Waals surface area (Å²) in [5, 5.41) is 18.1. The summed E-state index contributed by atoms with van der Waals surface area (Å²) in [5.41, 5.74) is 1.34. The zero-order valence-electron chi connectivity index (χ0n) is 12.2. The van der Waals surface area contributed by atoms with Crippen LogP contribution in [0.25, 0.3) is 0 Å². The average Bonchev–Trinajstić information content (AvgIpc) is 3.25. The summed E-state index contributed by atoms with van der Waals surface area (Å²) < 4.78 is 0. The Hall–Kier alpha value is -2.35. The lowest BCUT2D eigenvalue weighted by Gasteiger charge is -2.16. The Morgan fingerprint density at radius 3 is 2.73 bits per heavy atom. The summed E-state index contributed by atoms with van der Waals surface area (Å²) in [6.07, 6.45) is 2.42. The summed E-state index contributed by atoms with van der Waals surface area (Å²) in [6, 6.07) is 9.11. The number of hydrogen-bond donors (Lipinski definition) is 1. The highest BCUT2D eigenvalue weighted by Gasteiger charge is 2.46. The van der Waals surface area contributed by atoms with Crippen LogP contribution in [0.5, 0.6) is 0 Å². The Balaban J connectivity index is 1.76. The van der Waals surface area contributed by atoms with E-state index in [2.05, 4.69) is 6.07 Å². The Morgan fingerprint density at radius 1 is 1.32 bits per heavy atom. The van der Waals surface area contributed by atoms with Crippen LogP contribution in [0.3, 0.4) is 0 Å². The number of carbonyl (C=O) groups is 2. The van der Waals surface area contributed by atoms with Crippen LogP contribution < -0.4 is 0 Å². The minimum absolute atomic E-state index is 0.0868. The van der Waals surface area contributed by atoms with Crippen LogP contribution in [0.4, 0.5) is 0 Å². The van der Waals surface area contributed by atoms with Gasteiger partial charge in [-0.1, -0.05) is 12.1 Å². The molecule has 1 aromatic carbocycles. The second-order valence-electron chi connectivity index (χ2n) is 6.19. The van der Waals surface area contributed by atoms with Crippen molar-refractivity contribution in [2.24, 2.45) is 17.8 Å². The van der Waals surface area contributed by atoms with Crippen LogP contribution in [0, 0.1) is 29.1 Å². The molecule has 1 N–H and O–H groups in total. The molecule has 1 aliphatic carbocycles. The van der Waals surface area contributed by atoms with Gasteiger partial charge in [0.2, 0.25) is 0 Å². The third-order valence-corrected chi connectivity index (χ3v) is 4.65. The zero-order chi connectivity index (χ0) is 15.7. The largest absolute Gasteiger partial charge is 0.481 e. The van der Waals surface area contributed by atoms with Gasteiger partial charge < -0.3 is 10.0 Å². The molecule has 5 nitrogen and oxygen atoms in total. The number of carboxylic acid groups (broad SMARTS) is 1. The number of carbonyl (C=O) groups excluding carboxylic acids is 1. The van der Waals surface area contributed by atoms with Gasteiger partial charge in [0.05, 0.1) is 18.4 Å². The van der Waals surface area contributed by atoms with Crippen LogP contribution in [-0.2, 0) is 11.2 Å². The number of nitrogens with zero attached hydrogens (tertiary/aromatic N) is 2. The van der Waals surface area contributed by atoms with Crippen molar-refractivity contribution < 1.29 is 14.7 Å². The van der Waals surface area contributed by atoms with Crippen molar-refractivity contribution in [3.63, 3.8) is 0 Å². The van der Waals surface area contributed by atoms with Gasteiger partial charge in [0.15, 0.2) is 0 Å². The summed E-state index contributed by atoms with van der Waals surface area (Å²) in [6.45, 7) is 0.820. The van der Waals surface area contributed by atoms with Crippen LogP contribution in [0.15, 0.2) is 24.3 Å². The fraction of sp³-hybridized carbons (Fsp3) is 0.471. The molecule has 1 heterocycles. The third kappa shape index (κ3) is 2.82. The average molecular weight is 298 g/mol. The summed E-state index contributed by atoms with van der Waals surface area (Å²) in [5.74, 6) is -0.828. The molecule has 2 atom stereocenters. The van der Waals surface area contributed by atoms with Gasteiger partial charge >= 0.3 is 5.97 Å². The van der Waals surface area contributed by atoms with E-state index in [4.69, 9.17) is 5.26 Å². The predicted octanol–water partition coefficient (Wildman–Crippen LogP) is 1.94. The number of benzene rings is 1. The summed E-state index contributed by atoms with van der Waals surface area (Å²) in [7, 11) is 0. The lowest BCUT2D eigenvalue weighted by Crippen LogP contribution is -2.30. The Morgan fingerprint density at radius 2 is 2.09 bits per heavy atom. The van der Waals surface area contributed by atoms with E-state index in [1.54, 1.807) is 23.1 Å². The van der Waals surface area contributed by atoms with Gasteiger partial charge in [0.25, 0.3) is 5.91 Å². The molecular weight excluding hydrogens is 280 g/mol. The van der Waals surface area contributed by atoms with Gasteiger partial charge in [-0.25, -0.2) is 0 Å². The van der Waals surface area contributed by atoms with E-state index >= 15 is 0 Å². The number of aliphatic carboxylic acids is 1. The second-order valence-corrected chi connectivity index (χ2v) is 6.19. The molecule has 1 amide bonds. The first-order valence-corrected chi connectivity index (χ1v) is 7.58. The summed E-state index contributed by atoms with van der Waals surface area (Å²) in [4.78, 5) is 25.7. The van der Waals surface area contributed by atoms with Gasteiger partial charge in [-0.15, -0.1) is 0 Å². The molecule has 22 heavy (non-hydrogen) atoms. The Kier molecular flexibility index (Phi) is 3.84. The fourth-order valence-electron chi connectivity index (χ4n) is 3.35. The molecule has 5 heteroatoms. The molecule has 0 aromatic heterocycles. The highest BCUT2D eigenvalue weighted by atomic mass is 16.4. The molecule has 0 unspecified atom stereocenters. The van der Waals surface area contributed by atoms with E-state index in [1.807, 2.05) is 6.07 Å². The number of amides is 1. The lowest BCUT2D eigenvalue weighted by atomic mass is 9.92. The fourth-order valence-corrected chi connectivity index (χ4v) is 3.35. The normalized spacial score (nSPS) is 24.0. The quantitative estimate of drug-likeness (QED) is 0.921. The number of carboxylic acids is 1. The van der Waals surface area contributed by atoms with Crippen LogP contribution in [0.1, 0.15) is 28.8 Å². The monoisotopic (exact) mass is 298 g/mol. The maximum Gasteiger partial charge on any atom is 0.308 e. The maximum absolute atomic E-state index is 12.6. The highest BCUT2D eigenvalue weighted by Crippen LogP contribution is 2.44. The third-order valence-electron chi connectivity index (χ3n) is 4.65. The van der Waals surface area contributed by atoms with Crippen LogP contribution in [0.2, 0.25) is 0 Å². The second kappa shape index (κ2) is 5.80. The number of nitriles is 1. The number of rotatable bonds is 4. The van der Waals surface area contributed by atoms with Crippen molar-refractivity contribution in [1.82, 2.24) is 4.90 Å². The van der Waals surface area contributed by atoms with Crippen molar-refractivity contribution in [2.75, 3.05) is 13.1 Å². The molecular formula is C17H18N2O3. The minimum atomic E-state index is -0.801. The summed E-state index contributed by atoms with van der Waals surface area (Å²) >= 11 is 0. The van der Waals surface area contributed by atoms with Crippen molar-refractivity contribution in [3.05, 3.63) is 35.4 Å². The van der Waals surface area contributed by atoms with E-state index in [-0.39, 0.29) is 24.8 Å². The first-order valence-electron chi connectivity index (χ1n) is 7.58. The number of likely N-dealkylation sites (tertiary alicyclic amines) is 1. The van der Waals surface area contributed by atoms with Gasteiger partial charge in [-0.2, -0.15) is 5.26 Å². The van der Waals surface area contributed by atoms with E-state index in [0.717, 1.165) is 18.4 Å². The molecule has 0 radical (unpaired) electrons. The van der Waals surface area contributed by atoms with Crippen molar-refractivity contribution in [3.8, 4) is 6.07 Å². The van der Waals surface area contributed by atoms with Crippen molar-refractivity contribution in [2.45, 2.75) is 19.3 Å². The smallest absolute Gasteiger partial charge is 0.308 e. The molecule has 114 valence electrons. The van der Waals surface area contributed by atoms with Gasteiger partial charge in [-0.05, 0) is 42.4 Å². The Labute approximate surface area is 129 Å². The molecule has 2 fully saturated rings. The van der Waals surface area contributed by atoms with E-state index < -0.39 is 11.9 Å². The molecule has 0 spiro atoms. The van der Waals surface area contributed by atoms with Gasteiger partial charge in [-0.3, -0.25) is 9.59 Å². The molecule has 3 rings (SSSR count). The first kappa shape index (κ1) is 14.6. The minimum Gasteiger partial charge on any atom is -0.481 e. The highest BCUT2D eigenvalue weighted by molar-refractivity contribution is 5.95. The molecule has 0 bridgehead atoms. The first-order chi connectivity index (χ1) is 10.6. The standard InChI is InChI=1S/C17H18N2O3/c18-7-6-11-2-1-3-13(8-11)16(20)19-9-14(12-4-5-12)15(10-19)17(21)22/h1-3,8,12,14-15H,4-6,9-10H2,(H,21,22)/t14-,15+/m1/s1. The predicted molar refractivity (Wildman–Crippen MR) is 79.0 cm³/mol. The van der Waals surface area contributed by atoms with Crippen molar-refractivity contribution >= 4 is 11.9 Å². The zero-order valence-corrected chi connectivity index (χ0v) is 12.2. The molecule has 1 saturated carbocycles. The van der Waals surface area contributed by atoms with Crippen LogP contribution in [-0.4, -0.2) is 35.0 Å². The van der Waals surface area contributed by atoms with Crippen LogP contribution >= 0.6 is 0 Å². The molecule has 1 aromatic rings. The lowest BCUT2D eigenvalue weighted by molar-refractivity contribution is -0.142. The SMILES string of the molecule is N#CCc1cccc(C(=O)N2C[C@H](C(=O)O)[C@@H](C3CC3)C2)c1. The topological polar surface area (TPSA) is 81.4 Å². The van der Waals surface area contributed by atoms with Gasteiger partial charge in [0.1, 0.15) is 0 Å². The van der Waals surface area contributed by atoms with E-state index in [9.17, 15) is 14.7 Å². The van der Waals surface area contributed by atoms with E-state index in [1.165, 1.54) is 0 Å². The van der Waals surface area contributed by atoms with Crippen molar-refractivity contribution in [1.29, 1.82) is 5.26 Å². The number of hydrogen-bond acceptors (Lipinski definition) is 3. The molecule has 2 aliphatic rings. The van der Waals surface area contributed by atoms with Gasteiger partial charge in [0, 0.05) is 18.7 Å². The molecule has 1 saturated heterocycles. The van der Waals surface area contributed by atoms with E-state index in [0.29, 0.717) is 18.0 Å². The molecule has 1 aliphatic heterocycles. The Bertz CT molecular complexity index is 646.